The highest BCUT2D eigenvalue weighted by molar-refractivity contribution is 6.27. The van der Waals surface area contributed by atoms with Crippen molar-refractivity contribution in [2.75, 3.05) is 0 Å². The van der Waals surface area contributed by atoms with Crippen molar-refractivity contribution in [3.05, 3.63) is 11.3 Å². The SMILES string of the molecule is CC(C)CCC(=O)C1C(=O)C(C(=O)CC(C)C)=C(O)[C@H]1CCC(C)C. The van der Waals surface area contributed by atoms with Gasteiger partial charge in [0.2, 0.25) is 0 Å². The molecule has 2 atom stereocenters. The van der Waals surface area contributed by atoms with E-state index in [0.717, 1.165) is 12.8 Å². The third-order valence-electron chi connectivity index (χ3n) is 4.78. The highest BCUT2D eigenvalue weighted by Crippen LogP contribution is 2.39. The van der Waals surface area contributed by atoms with Crippen LogP contribution in [0.15, 0.2) is 11.3 Å². The lowest BCUT2D eigenvalue weighted by atomic mass is 9.82. The van der Waals surface area contributed by atoms with Gasteiger partial charge in [0.15, 0.2) is 11.6 Å². The average molecular weight is 350 g/mol. The molecule has 25 heavy (non-hydrogen) atoms. The van der Waals surface area contributed by atoms with Gasteiger partial charge >= 0.3 is 0 Å². The largest absolute Gasteiger partial charge is 0.511 e. The highest BCUT2D eigenvalue weighted by Gasteiger charge is 2.47. The van der Waals surface area contributed by atoms with E-state index in [1.54, 1.807) is 0 Å². The van der Waals surface area contributed by atoms with Crippen molar-refractivity contribution in [2.24, 2.45) is 29.6 Å². The Hall–Kier alpha value is -1.45. The third-order valence-corrected chi connectivity index (χ3v) is 4.78. The van der Waals surface area contributed by atoms with Gasteiger partial charge in [0.25, 0.3) is 0 Å². The second kappa shape index (κ2) is 9.30. The Morgan fingerprint density at radius 1 is 0.960 bits per heavy atom. The van der Waals surface area contributed by atoms with Crippen molar-refractivity contribution < 1.29 is 19.5 Å². The molecule has 0 heterocycles. The Kier molecular flexibility index (Phi) is 8.04. The summed E-state index contributed by atoms with van der Waals surface area (Å²) in [5.41, 5.74) is -0.106. The molecular weight excluding hydrogens is 316 g/mol. The van der Waals surface area contributed by atoms with Gasteiger partial charge in [-0.3, -0.25) is 14.4 Å². The minimum absolute atomic E-state index is 0.102. The van der Waals surface area contributed by atoms with Gasteiger partial charge in [0.1, 0.15) is 11.5 Å². The van der Waals surface area contributed by atoms with Crippen LogP contribution in [0.5, 0.6) is 0 Å². The van der Waals surface area contributed by atoms with Crippen LogP contribution in [-0.2, 0) is 14.4 Å². The molecule has 0 aromatic rings. The van der Waals surface area contributed by atoms with E-state index in [4.69, 9.17) is 0 Å². The zero-order valence-corrected chi connectivity index (χ0v) is 16.6. The van der Waals surface area contributed by atoms with E-state index in [-0.39, 0.29) is 35.2 Å². The molecule has 0 radical (unpaired) electrons. The lowest BCUT2D eigenvalue weighted by molar-refractivity contribution is -0.132. The predicted molar refractivity (Wildman–Crippen MR) is 99.3 cm³/mol. The summed E-state index contributed by atoms with van der Waals surface area (Å²) in [6.45, 7) is 12.0. The zero-order chi connectivity index (χ0) is 19.3. The van der Waals surface area contributed by atoms with Crippen LogP contribution in [-0.4, -0.2) is 22.5 Å². The van der Waals surface area contributed by atoms with Crippen LogP contribution in [0.1, 0.15) is 73.6 Å². The number of carbonyl (C=O) groups is 3. The van der Waals surface area contributed by atoms with Crippen LogP contribution >= 0.6 is 0 Å². The monoisotopic (exact) mass is 350 g/mol. The molecule has 1 rings (SSSR count). The second-order valence-corrected chi connectivity index (χ2v) is 8.60. The lowest BCUT2D eigenvalue weighted by Gasteiger charge is -2.19. The molecule has 0 aromatic carbocycles. The molecular formula is C21H34O4. The number of hydrogen-bond acceptors (Lipinski definition) is 4. The smallest absolute Gasteiger partial charge is 0.181 e. The summed E-state index contributed by atoms with van der Waals surface area (Å²) in [5, 5.41) is 10.6. The Balaban J connectivity index is 3.08. The maximum absolute atomic E-state index is 12.8. The molecule has 0 bridgehead atoms. The van der Waals surface area contributed by atoms with E-state index in [1.165, 1.54) is 0 Å². The van der Waals surface area contributed by atoms with Gasteiger partial charge in [-0.25, -0.2) is 0 Å². The average Bonchev–Trinajstić information content (AvgIpc) is 2.72. The number of hydrogen-bond donors (Lipinski definition) is 1. The number of ketones is 3. The van der Waals surface area contributed by atoms with Gasteiger partial charge < -0.3 is 5.11 Å². The van der Waals surface area contributed by atoms with E-state index in [9.17, 15) is 19.5 Å². The summed E-state index contributed by atoms with van der Waals surface area (Å²) in [6.07, 6.45) is 2.63. The first-order valence-electron chi connectivity index (χ1n) is 9.59. The number of aliphatic hydroxyl groups excluding tert-OH is 1. The van der Waals surface area contributed by atoms with Crippen LogP contribution in [0, 0.1) is 29.6 Å². The Labute approximate surface area is 152 Å². The molecule has 0 saturated carbocycles. The van der Waals surface area contributed by atoms with E-state index >= 15 is 0 Å². The van der Waals surface area contributed by atoms with Crippen LogP contribution in [0.2, 0.25) is 0 Å². The van der Waals surface area contributed by atoms with Crippen molar-refractivity contribution in [3.8, 4) is 0 Å². The fraction of sp³-hybridized carbons (Fsp3) is 0.762. The number of allylic oxidation sites excluding steroid dienone is 2. The molecule has 0 aromatic heterocycles. The Bertz CT molecular complexity index is 540. The number of carbonyl (C=O) groups excluding carboxylic acids is 3. The first-order chi connectivity index (χ1) is 11.6. The topological polar surface area (TPSA) is 71.4 Å². The molecule has 1 aliphatic carbocycles. The maximum Gasteiger partial charge on any atom is 0.181 e. The summed E-state index contributed by atoms with van der Waals surface area (Å²) in [4.78, 5) is 37.9. The van der Waals surface area contributed by atoms with E-state index in [2.05, 4.69) is 13.8 Å². The van der Waals surface area contributed by atoms with Crippen LogP contribution < -0.4 is 0 Å². The van der Waals surface area contributed by atoms with Crippen LogP contribution in [0.3, 0.4) is 0 Å². The summed E-state index contributed by atoms with van der Waals surface area (Å²) >= 11 is 0. The van der Waals surface area contributed by atoms with Gasteiger partial charge in [0, 0.05) is 18.8 Å². The molecule has 0 saturated heterocycles. The van der Waals surface area contributed by atoms with Gasteiger partial charge in [-0.15, -0.1) is 0 Å². The third kappa shape index (κ3) is 5.79. The molecule has 1 unspecified atom stereocenters. The fourth-order valence-corrected chi connectivity index (χ4v) is 3.33. The summed E-state index contributed by atoms with van der Waals surface area (Å²) in [7, 11) is 0. The highest BCUT2D eigenvalue weighted by atomic mass is 16.3. The summed E-state index contributed by atoms with van der Waals surface area (Å²) < 4.78 is 0. The minimum atomic E-state index is -0.872. The molecule has 4 nitrogen and oxygen atoms in total. The number of aliphatic hydroxyl groups is 1. The normalized spacial score (nSPS) is 21.1. The molecule has 0 amide bonds. The van der Waals surface area contributed by atoms with Gasteiger partial charge in [0.05, 0.1) is 11.5 Å². The van der Waals surface area contributed by atoms with E-state index in [1.807, 2.05) is 27.7 Å². The number of rotatable bonds is 10. The molecule has 1 N–H and O–H groups in total. The summed E-state index contributed by atoms with van der Waals surface area (Å²) in [5.74, 6) is -1.57. The predicted octanol–water partition coefficient (Wildman–Crippen LogP) is 4.67. The van der Waals surface area contributed by atoms with Crippen LogP contribution in [0.25, 0.3) is 0 Å². The first-order valence-corrected chi connectivity index (χ1v) is 9.59. The maximum atomic E-state index is 12.8. The van der Waals surface area contributed by atoms with Crippen molar-refractivity contribution in [3.63, 3.8) is 0 Å². The molecule has 0 spiro atoms. The molecule has 0 fully saturated rings. The van der Waals surface area contributed by atoms with Gasteiger partial charge in [-0.2, -0.15) is 0 Å². The van der Waals surface area contributed by atoms with Crippen molar-refractivity contribution >= 4 is 17.3 Å². The van der Waals surface area contributed by atoms with Crippen molar-refractivity contribution in [2.45, 2.75) is 73.6 Å². The zero-order valence-electron chi connectivity index (χ0n) is 16.6. The minimum Gasteiger partial charge on any atom is -0.511 e. The van der Waals surface area contributed by atoms with Crippen LogP contribution in [0.4, 0.5) is 0 Å². The second-order valence-electron chi connectivity index (χ2n) is 8.60. The molecule has 142 valence electrons. The fourth-order valence-electron chi connectivity index (χ4n) is 3.33. The van der Waals surface area contributed by atoms with Gasteiger partial charge in [-0.05, 0) is 30.6 Å². The Morgan fingerprint density at radius 2 is 1.52 bits per heavy atom. The Morgan fingerprint density at radius 3 is 2.00 bits per heavy atom. The standard InChI is InChI=1S/C21H34O4/c1-12(2)7-9-15-18(16(22)10-8-13(3)4)21(25)19(20(15)24)17(23)11-14(5)6/h12-15,18,24H,7-11H2,1-6H3/t15-,18?/m0/s1. The first kappa shape index (κ1) is 21.6. The molecule has 0 aliphatic heterocycles. The molecule has 4 heteroatoms. The molecule has 1 aliphatic rings. The van der Waals surface area contributed by atoms with Crippen molar-refractivity contribution in [1.29, 1.82) is 0 Å². The van der Waals surface area contributed by atoms with Gasteiger partial charge in [-0.1, -0.05) is 48.0 Å². The van der Waals surface area contributed by atoms with E-state index in [0.29, 0.717) is 24.7 Å². The lowest BCUT2D eigenvalue weighted by Crippen LogP contribution is -2.29. The quantitative estimate of drug-likeness (QED) is 0.459. The van der Waals surface area contributed by atoms with E-state index < -0.39 is 17.6 Å². The number of Topliss-reactive ketones (excluding diaryl/α,β-unsaturated/α-hetero) is 3. The van der Waals surface area contributed by atoms with Crippen molar-refractivity contribution in [1.82, 2.24) is 0 Å². The summed E-state index contributed by atoms with van der Waals surface area (Å²) in [6, 6.07) is 0.